The van der Waals surface area contributed by atoms with E-state index in [2.05, 4.69) is 10.6 Å². The molecular weight excluding hydrogens is 1010 g/mol. The highest BCUT2D eigenvalue weighted by molar-refractivity contribution is 5.96. The van der Waals surface area contributed by atoms with E-state index in [1.165, 1.54) is 0 Å². The molecule has 12 nitrogen and oxygen atoms in total. The fourth-order valence-electron chi connectivity index (χ4n) is 12.7. The second kappa shape index (κ2) is 28.9. The molecule has 0 aromatic heterocycles. The number of benzene rings is 4. The summed E-state index contributed by atoms with van der Waals surface area (Å²) < 4.78 is 32.5. The first-order valence-electron chi connectivity index (χ1n) is 30.0. The zero-order chi connectivity index (χ0) is 56.7. The highest BCUT2D eigenvalue weighted by Gasteiger charge is 2.46. The molecule has 2 saturated heterocycles. The Morgan fingerprint density at radius 1 is 0.575 bits per heavy atom. The molecule has 0 spiro atoms. The molecule has 430 valence electrons. The lowest BCUT2D eigenvalue weighted by atomic mass is 9.76. The van der Waals surface area contributed by atoms with E-state index in [9.17, 15) is 28.8 Å². The van der Waals surface area contributed by atoms with Gasteiger partial charge in [0.1, 0.15) is 24.2 Å². The van der Waals surface area contributed by atoms with Gasteiger partial charge in [-0.05, 0) is 130 Å². The molecule has 14 heteroatoms. The number of halogens is 2. The predicted molar refractivity (Wildman–Crippen MR) is 310 cm³/mol. The summed E-state index contributed by atoms with van der Waals surface area (Å²) in [6, 6.07) is 31.2. The lowest BCUT2D eigenvalue weighted by molar-refractivity contribution is -0.142. The third kappa shape index (κ3) is 15.2. The van der Waals surface area contributed by atoms with Crippen LogP contribution in [0.3, 0.4) is 0 Å². The zero-order valence-corrected chi connectivity index (χ0v) is 47.7. The van der Waals surface area contributed by atoms with Crippen molar-refractivity contribution in [2.45, 2.75) is 160 Å². The van der Waals surface area contributed by atoms with Gasteiger partial charge in [0, 0.05) is 68.7 Å². The molecule has 0 bridgehead atoms. The third-order valence-electron chi connectivity index (χ3n) is 18.1. The summed E-state index contributed by atoms with van der Waals surface area (Å²) in [5, 5.41) is 6.12. The first-order valence-corrected chi connectivity index (χ1v) is 30.0. The maximum atomic E-state index is 16.2. The van der Waals surface area contributed by atoms with Crippen molar-refractivity contribution in [3.63, 3.8) is 0 Å². The lowest BCUT2D eigenvalue weighted by Gasteiger charge is -2.37. The van der Waals surface area contributed by atoms with Crippen molar-refractivity contribution in [2.24, 2.45) is 23.7 Å². The maximum absolute atomic E-state index is 16.2. The van der Waals surface area contributed by atoms with Crippen LogP contribution in [-0.4, -0.2) is 138 Å². The highest BCUT2D eigenvalue weighted by Crippen LogP contribution is 2.37. The van der Waals surface area contributed by atoms with E-state index in [0.717, 1.165) is 86.5 Å². The average Bonchev–Trinajstić information content (AvgIpc) is 4.07. The number of ketones is 1. The van der Waals surface area contributed by atoms with Crippen LogP contribution in [0.25, 0.3) is 11.1 Å². The Labute approximate surface area is 473 Å². The van der Waals surface area contributed by atoms with Crippen molar-refractivity contribution >= 4 is 35.3 Å². The topological polar surface area (TPSA) is 139 Å². The molecule has 5 amide bonds. The Morgan fingerprint density at radius 2 is 1.01 bits per heavy atom. The van der Waals surface area contributed by atoms with Crippen molar-refractivity contribution in [1.29, 1.82) is 0 Å². The monoisotopic (exact) mass is 1100 g/mol. The minimum atomic E-state index is -1.35. The van der Waals surface area contributed by atoms with Crippen molar-refractivity contribution < 1.29 is 37.5 Å². The van der Waals surface area contributed by atoms with Crippen LogP contribution in [0.1, 0.15) is 143 Å². The van der Waals surface area contributed by atoms with Crippen LogP contribution in [0, 0.1) is 23.7 Å². The maximum Gasteiger partial charge on any atom is 0.253 e. The summed E-state index contributed by atoms with van der Waals surface area (Å²) in [5.74, 6) is -2.01. The summed E-state index contributed by atoms with van der Waals surface area (Å²) in [4.78, 5) is 91.8. The van der Waals surface area contributed by atoms with Crippen molar-refractivity contribution in [3.05, 3.63) is 131 Å². The summed E-state index contributed by atoms with van der Waals surface area (Å²) in [5.41, 5.74) is 4.47. The van der Waals surface area contributed by atoms with Gasteiger partial charge in [0.05, 0.1) is 18.1 Å². The van der Waals surface area contributed by atoms with Crippen LogP contribution in [0.4, 0.5) is 8.78 Å². The highest BCUT2D eigenvalue weighted by atomic mass is 19.1. The molecular formula is C66H86F2N6O6. The van der Waals surface area contributed by atoms with E-state index >= 15 is 8.78 Å². The molecule has 2 aliphatic carbocycles. The number of Topliss-reactive ketones (excluding diaryl/α,β-unsaturated/α-hetero) is 1. The summed E-state index contributed by atoms with van der Waals surface area (Å²) in [6.45, 7) is 6.64. The van der Waals surface area contributed by atoms with Crippen LogP contribution >= 0.6 is 0 Å². The van der Waals surface area contributed by atoms with Gasteiger partial charge >= 0.3 is 0 Å². The van der Waals surface area contributed by atoms with Gasteiger partial charge in [0.25, 0.3) is 11.8 Å². The Balaban J connectivity index is 0.989. The first-order chi connectivity index (χ1) is 38.7. The smallest absolute Gasteiger partial charge is 0.253 e. The van der Waals surface area contributed by atoms with E-state index in [4.69, 9.17) is 0 Å². The number of hydrogen-bond donors (Lipinski definition) is 2. The quantitative estimate of drug-likeness (QED) is 0.0712. The standard InChI is InChI=1S/C66H86F2N6O6/c1-5-45(2)62(76)70-61(52-24-16-9-17-25-52)66(80)74-41-37-57(68)59(74)44-72(39-35-48-20-12-7-13-21-48)64(78)54-32-28-50(29-33-54)49-26-30-53(31-27-49)63(77)71(38-34-47-18-10-6-11-19-47)43-58-56(67)36-40-73(58)65(79)55(42-60(75)46(3)69-4)51-22-14-8-15-23-51/h6-7,10-13,18-21,26-33,45-46,51-52,55-59,61,69H,5,8-9,14-17,22-25,34-44H2,1-4H3,(H,70,76)/t45-,46+,55+,56+,57+,58-,59-,61+/m1/s1. The van der Waals surface area contributed by atoms with Crippen LogP contribution < -0.4 is 10.6 Å². The van der Waals surface area contributed by atoms with E-state index in [1.54, 1.807) is 57.8 Å². The van der Waals surface area contributed by atoms with Gasteiger partial charge in [-0.25, -0.2) is 8.78 Å². The number of amides is 5. The Bertz CT molecular complexity index is 2480. The van der Waals surface area contributed by atoms with Gasteiger partial charge in [0.15, 0.2) is 0 Å². The SMILES string of the molecule is CC[C@@H](C)C(=O)N[C@H](C(=O)N1CC[C@H](F)[C@H]1CN(CCc1ccccc1)C(=O)c1ccc(-c2ccc(C(=O)N(CCc3ccccc3)C[C@@H]3[C@@H](F)CCN3C(=O)[C@@H](CC(=O)[C@H](C)NC)C3CCCCC3)cc2)cc1)C1CCCCC1. The van der Waals surface area contributed by atoms with Crippen LogP contribution in [-0.2, 0) is 32.0 Å². The number of likely N-dealkylation sites (tertiary alicyclic amines) is 2. The number of nitrogens with one attached hydrogen (secondary N) is 2. The molecule has 2 heterocycles. The minimum Gasteiger partial charge on any atom is -0.344 e. The third-order valence-corrected chi connectivity index (χ3v) is 18.1. The minimum absolute atomic E-state index is 0.00571. The van der Waals surface area contributed by atoms with Gasteiger partial charge in [-0.15, -0.1) is 0 Å². The fourth-order valence-corrected chi connectivity index (χ4v) is 12.7. The number of hydrogen-bond acceptors (Lipinski definition) is 7. The number of alkyl halides is 2. The van der Waals surface area contributed by atoms with E-state index < -0.39 is 42.4 Å². The largest absolute Gasteiger partial charge is 0.344 e. The Kier molecular flexibility index (Phi) is 21.6. The van der Waals surface area contributed by atoms with Gasteiger partial charge < -0.3 is 30.2 Å². The second-order valence-electron chi connectivity index (χ2n) is 23.3. The van der Waals surface area contributed by atoms with Gasteiger partial charge in [-0.2, -0.15) is 0 Å². The summed E-state index contributed by atoms with van der Waals surface area (Å²) in [6.07, 6.45) is 8.90. The molecule has 80 heavy (non-hydrogen) atoms. The zero-order valence-electron chi connectivity index (χ0n) is 47.7. The molecule has 4 aliphatic rings. The van der Waals surface area contributed by atoms with Crippen LogP contribution in [0.5, 0.6) is 0 Å². The van der Waals surface area contributed by atoms with E-state index in [1.807, 2.05) is 98.8 Å². The van der Waals surface area contributed by atoms with Gasteiger partial charge in [-0.1, -0.05) is 137 Å². The molecule has 0 radical (unpaired) electrons. The molecule has 0 unspecified atom stereocenters. The molecule has 8 atom stereocenters. The lowest BCUT2D eigenvalue weighted by Crippen LogP contribution is -2.57. The molecule has 8 rings (SSSR count). The summed E-state index contributed by atoms with van der Waals surface area (Å²) >= 11 is 0. The average molecular weight is 1100 g/mol. The summed E-state index contributed by atoms with van der Waals surface area (Å²) in [7, 11) is 1.73. The van der Waals surface area contributed by atoms with E-state index in [0.29, 0.717) is 43.5 Å². The molecule has 4 fully saturated rings. The van der Waals surface area contributed by atoms with Gasteiger partial charge in [-0.3, -0.25) is 28.8 Å². The van der Waals surface area contributed by atoms with Gasteiger partial charge in [0.2, 0.25) is 17.7 Å². The second-order valence-corrected chi connectivity index (χ2v) is 23.3. The number of likely N-dealkylation sites (N-methyl/N-ethyl adjacent to an activating group) is 1. The number of carbonyl (C=O) groups is 6. The first kappa shape index (κ1) is 59.8. The molecule has 2 saturated carbocycles. The van der Waals surface area contributed by atoms with Crippen LogP contribution in [0.2, 0.25) is 0 Å². The van der Waals surface area contributed by atoms with Crippen molar-refractivity contribution in [1.82, 2.24) is 30.2 Å². The Morgan fingerprint density at radius 3 is 1.45 bits per heavy atom. The predicted octanol–water partition coefficient (Wildman–Crippen LogP) is 10.5. The molecule has 4 aromatic rings. The molecule has 4 aromatic carbocycles. The van der Waals surface area contributed by atoms with E-state index in [-0.39, 0.29) is 98.5 Å². The number of carbonyl (C=O) groups excluding carboxylic acids is 6. The van der Waals surface area contributed by atoms with Crippen molar-refractivity contribution in [3.8, 4) is 11.1 Å². The van der Waals surface area contributed by atoms with Crippen LogP contribution in [0.15, 0.2) is 109 Å². The number of rotatable bonds is 24. The Hall–Kier alpha value is -6.28. The number of nitrogens with zero attached hydrogens (tertiary/aromatic N) is 4. The normalized spacial score (nSPS) is 21.3. The van der Waals surface area contributed by atoms with Crippen molar-refractivity contribution in [2.75, 3.05) is 46.3 Å². The fraction of sp³-hybridized carbons (Fsp3) is 0.545. The molecule has 2 aliphatic heterocycles. The molecule has 2 N–H and O–H groups in total.